The van der Waals surface area contributed by atoms with Gasteiger partial charge in [-0.05, 0) is 30.9 Å². The third kappa shape index (κ3) is 2.98. The molecule has 0 bridgehead atoms. The Morgan fingerprint density at radius 3 is 2.94 bits per heavy atom. The summed E-state index contributed by atoms with van der Waals surface area (Å²) < 4.78 is 0. The Hall–Kier alpha value is -1.52. The van der Waals surface area contributed by atoms with E-state index >= 15 is 0 Å². The summed E-state index contributed by atoms with van der Waals surface area (Å²) in [4.78, 5) is 13.1. The number of ketones is 1. The lowest BCUT2D eigenvalue weighted by molar-refractivity contribution is -0.117. The molecule has 0 radical (unpaired) electrons. The van der Waals surface area contributed by atoms with Gasteiger partial charge in [0.25, 0.3) is 0 Å². The lowest BCUT2D eigenvalue weighted by atomic mass is 9.95. The van der Waals surface area contributed by atoms with Crippen LogP contribution in [-0.4, -0.2) is 26.0 Å². The van der Waals surface area contributed by atoms with Crippen LogP contribution in [0.15, 0.2) is 11.6 Å². The van der Waals surface area contributed by atoms with Gasteiger partial charge in [0.05, 0.1) is 13.5 Å². The molecule has 0 N–H and O–H groups in total. The number of carbonyl (C=O) groups is 1. The van der Waals surface area contributed by atoms with Crippen molar-refractivity contribution in [1.82, 2.24) is 20.2 Å². The van der Waals surface area contributed by atoms with Crippen LogP contribution in [0.5, 0.6) is 0 Å². The maximum atomic E-state index is 11.7. The molecule has 0 fully saturated rings. The summed E-state index contributed by atoms with van der Waals surface area (Å²) in [7, 11) is 1.70. The Kier molecular flexibility index (Phi) is 3.44. The molecule has 0 spiro atoms. The predicted molar refractivity (Wildman–Crippen MR) is 58.7 cm³/mol. The second-order valence-corrected chi connectivity index (χ2v) is 4.20. The molecule has 1 aromatic rings. The molecule has 1 aliphatic rings. The average molecular weight is 220 g/mol. The smallest absolute Gasteiger partial charge is 0.182 e. The molecule has 0 aliphatic heterocycles. The van der Waals surface area contributed by atoms with Crippen molar-refractivity contribution in [1.29, 1.82) is 0 Å². The van der Waals surface area contributed by atoms with Gasteiger partial charge in [-0.3, -0.25) is 4.79 Å². The molecule has 5 heteroatoms. The topological polar surface area (TPSA) is 60.7 Å². The number of rotatable bonds is 4. The van der Waals surface area contributed by atoms with E-state index in [1.807, 2.05) is 0 Å². The fraction of sp³-hybridized carbons (Fsp3) is 0.636. The van der Waals surface area contributed by atoms with Gasteiger partial charge >= 0.3 is 0 Å². The SMILES string of the molecule is Cn1nnc(CC(=O)CC2=CCCCC2)n1. The van der Waals surface area contributed by atoms with Gasteiger partial charge in [0.1, 0.15) is 5.78 Å². The van der Waals surface area contributed by atoms with Crippen LogP contribution >= 0.6 is 0 Å². The molecular formula is C11H16N4O. The standard InChI is InChI=1S/C11H16N4O/c1-15-13-11(12-14-15)8-10(16)7-9-5-3-2-4-6-9/h5H,2-4,6-8H2,1H3. The average Bonchev–Trinajstić information content (AvgIpc) is 2.65. The quantitative estimate of drug-likeness (QED) is 0.716. The van der Waals surface area contributed by atoms with Crippen molar-refractivity contribution >= 4 is 5.78 Å². The number of aryl methyl sites for hydroxylation is 1. The van der Waals surface area contributed by atoms with Gasteiger partial charge < -0.3 is 0 Å². The van der Waals surface area contributed by atoms with Crippen LogP contribution < -0.4 is 0 Å². The number of aromatic nitrogens is 4. The van der Waals surface area contributed by atoms with E-state index in [1.54, 1.807) is 7.05 Å². The van der Waals surface area contributed by atoms with Crippen molar-refractivity contribution in [3.63, 3.8) is 0 Å². The van der Waals surface area contributed by atoms with Crippen LogP contribution in [0.2, 0.25) is 0 Å². The molecule has 2 rings (SSSR count). The summed E-state index contributed by atoms with van der Waals surface area (Å²) in [6.45, 7) is 0. The highest BCUT2D eigenvalue weighted by atomic mass is 16.1. The lowest BCUT2D eigenvalue weighted by Crippen LogP contribution is -2.07. The third-order valence-corrected chi connectivity index (χ3v) is 2.71. The minimum absolute atomic E-state index is 0.182. The summed E-state index contributed by atoms with van der Waals surface area (Å²) in [5.74, 6) is 0.699. The molecule has 0 unspecified atom stereocenters. The Balaban J connectivity index is 1.86. The molecule has 0 atom stereocenters. The van der Waals surface area contributed by atoms with E-state index in [9.17, 15) is 4.79 Å². The zero-order valence-electron chi connectivity index (χ0n) is 9.52. The number of carbonyl (C=O) groups excluding carboxylic acids is 1. The zero-order valence-corrected chi connectivity index (χ0v) is 9.52. The zero-order chi connectivity index (χ0) is 11.4. The van der Waals surface area contributed by atoms with Gasteiger partial charge in [0.15, 0.2) is 5.82 Å². The van der Waals surface area contributed by atoms with Gasteiger partial charge in [-0.1, -0.05) is 11.6 Å². The normalized spacial score (nSPS) is 15.9. The molecule has 1 aliphatic carbocycles. The van der Waals surface area contributed by atoms with Gasteiger partial charge in [-0.2, -0.15) is 4.80 Å². The first-order chi connectivity index (χ1) is 7.74. The van der Waals surface area contributed by atoms with Crippen LogP contribution in [0.3, 0.4) is 0 Å². The molecule has 5 nitrogen and oxygen atoms in total. The number of hydrogen-bond donors (Lipinski definition) is 0. The summed E-state index contributed by atoms with van der Waals surface area (Å²) in [5.41, 5.74) is 1.28. The minimum atomic E-state index is 0.182. The molecule has 0 saturated heterocycles. The van der Waals surface area contributed by atoms with E-state index in [0.29, 0.717) is 18.7 Å². The van der Waals surface area contributed by atoms with Crippen LogP contribution in [0, 0.1) is 0 Å². The maximum absolute atomic E-state index is 11.7. The summed E-state index contributed by atoms with van der Waals surface area (Å²) in [6.07, 6.45) is 7.70. The Bertz CT molecular complexity index is 408. The van der Waals surface area contributed by atoms with E-state index in [0.717, 1.165) is 12.8 Å². The van der Waals surface area contributed by atoms with Crippen molar-refractivity contribution in [2.45, 2.75) is 38.5 Å². The second-order valence-electron chi connectivity index (χ2n) is 4.20. The number of nitrogens with zero attached hydrogens (tertiary/aromatic N) is 4. The van der Waals surface area contributed by atoms with E-state index in [4.69, 9.17) is 0 Å². The van der Waals surface area contributed by atoms with E-state index in [1.165, 1.54) is 23.2 Å². The summed E-state index contributed by atoms with van der Waals surface area (Å²) >= 11 is 0. The van der Waals surface area contributed by atoms with E-state index < -0.39 is 0 Å². The highest BCUT2D eigenvalue weighted by molar-refractivity contribution is 5.82. The second kappa shape index (κ2) is 5.01. The molecule has 0 amide bonds. The number of allylic oxidation sites excluding steroid dienone is 2. The van der Waals surface area contributed by atoms with Gasteiger partial charge in [-0.25, -0.2) is 0 Å². The van der Waals surface area contributed by atoms with Gasteiger partial charge in [0, 0.05) is 6.42 Å². The Labute approximate surface area is 94.5 Å². The molecule has 0 aromatic carbocycles. The van der Waals surface area contributed by atoms with Crippen LogP contribution in [0.25, 0.3) is 0 Å². The summed E-state index contributed by atoms with van der Waals surface area (Å²) in [6, 6.07) is 0. The fourth-order valence-electron chi connectivity index (χ4n) is 1.95. The van der Waals surface area contributed by atoms with Crippen molar-refractivity contribution in [3.05, 3.63) is 17.5 Å². The molecule has 1 heterocycles. The summed E-state index contributed by atoms with van der Waals surface area (Å²) in [5, 5.41) is 11.5. The largest absolute Gasteiger partial charge is 0.299 e. The Morgan fingerprint density at radius 2 is 2.31 bits per heavy atom. The van der Waals surface area contributed by atoms with Crippen molar-refractivity contribution in [2.75, 3.05) is 0 Å². The maximum Gasteiger partial charge on any atom is 0.182 e. The Morgan fingerprint density at radius 1 is 1.44 bits per heavy atom. The van der Waals surface area contributed by atoms with Gasteiger partial charge in [0.2, 0.25) is 0 Å². The first kappa shape index (κ1) is 11.0. The van der Waals surface area contributed by atoms with Crippen molar-refractivity contribution < 1.29 is 4.79 Å². The first-order valence-electron chi connectivity index (χ1n) is 5.66. The molecule has 1 aromatic heterocycles. The fourth-order valence-corrected chi connectivity index (χ4v) is 1.95. The highest BCUT2D eigenvalue weighted by Gasteiger charge is 2.12. The van der Waals surface area contributed by atoms with Gasteiger partial charge in [-0.15, -0.1) is 10.2 Å². The van der Waals surface area contributed by atoms with E-state index in [-0.39, 0.29) is 5.78 Å². The lowest BCUT2D eigenvalue weighted by Gasteiger charge is -2.10. The molecular weight excluding hydrogens is 204 g/mol. The minimum Gasteiger partial charge on any atom is -0.299 e. The monoisotopic (exact) mass is 220 g/mol. The number of Topliss-reactive ketones (excluding diaryl/α,β-unsaturated/α-hetero) is 1. The molecule has 0 saturated carbocycles. The molecule has 86 valence electrons. The van der Waals surface area contributed by atoms with Crippen LogP contribution in [0.4, 0.5) is 0 Å². The highest BCUT2D eigenvalue weighted by Crippen LogP contribution is 2.20. The van der Waals surface area contributed by atoms with Crippen LogP contribution in [0.1, 0.15) is 37.9 Å². The number of hydrogen-bond acceptors (Lipinski definition) is 4. The van der Waals surface area contributed by atoms with Crippen molar-refractivity contribution in [3.8, 4) is 0 Å². The number of tetrazole rings is 1. The van der Waals surface area contributed by atoms with Crippen LogP contribution in [-0.2, 0) is 18.3 Å². The predicted octanol–water partition coefficient (Wildman–Crippen LogP) is 1.21. The van der Waals surface area contributed by atoms with Crippen molar-refractivity contribution in [2.24, 2.45) is 7.05 Å². The van der Waals surface area contributed by atoms with E-state index in [2.05, 4.69) is 21.5 Å². The third-order valence-electron chi connectivity index (χ3n) is 2.71. The molecule has 16 heavy (non-hydrogen) atoms. The first-order valence-corrected chi connectivity index (χ1v) is 5.66.